The number of nitrogens with one attached hydrogen (secondary N) is 1. The number of aryl methyl sites for hydroxylation is 2. The molecule has 1 aromatic carbocycles. The molecule has 1 N–H and O–H groups in total. The Morgan fingerprint density at radius 2 is 2.00 bits per heavy atom. The van der Waals surface area contributed by atoms with E-state index >= 15 is 0 Å². The Kier molecular flexibility index (Phi) is 1.91. The molecule has 1 heterocycles. The molecule has 2 aliphatic rings. The molecule has 1 heteroatoms. The van der Waals surface area contributed by atoms with E-state index in [1.807, 2.05) is 0 Å². The van der Waals surface area contributed by atoms with Crippen LogP contribution in [0.3, 0.4) is 0 Å². The first-order valence-corrected chi connectivity index (χ1v) is 5.45. The van der Waals surface area contributed by atoms with Crippen molar-refractivity contribution in [2.75, 3.05) is 13.1 Å². The van der Waals surface area contributed by atoms with Crippen LogP contribution in [0.2, 0.25) is 0 Å². The third-order valence-electron chi connectivity index (χ3n) is 3.27. The molecule has 0 saturated carbocycles. The van der Waals surface area contributed by atoms with Gasteiger partial charge in [0.15, 0.2) is 0 Å². The van der Waals surface area contributed by atoms with Crippen LogP contribution in [0.5, 0.6) is 0 Å². The number of rotatable bonds is 1. The standard InChI is InChI=1S/C13H15N/c1-2-13(9-14-7-1)12-6-4-10-3-5-11(10)8-12/h2,4,6,8,14H,1,3,5,7,9H2. The Hall–Kier alpha value is -1.08. The van der Waals surface area contributed by atoms with E-state index in [2.05, 4.69) is 29.6 Å². The van der Waals surface area contributed by atoms with E-state index in [1.54, 1.807) is 11.1 Å². The molecule has 0 aromatic heterocycles. The van der Waals surface area contributed by atoms with Crippen molar-refractivity contribution in [2.45, 2.75) is 19.3 Å². The topological polar surface area (TPSA) is 12.0 Å². The van der Waals surface area contributed by atoms with Crippen molar-refractivity contribution in [3.05, 3.63) is 41.0 Å². The van der Waals surface area contributed by atoms with Gasteiger partial charge in [0.05, 0.1) is 0 Å². The van der Waals surface area contributed by atoms with E-state index in [4.69, 9.17) is 0 Å². The van der Waals surface area contributed by atoms with E-state index in [-0.39, 0.29) is 0 Å². The Labute approximate surface area is 84.8 Å². The van der Waals surface area contributed by atoms with E-state index in [0.29, 0.717) is 0 Å². The van der Waals surface area contributed by atoms with Crippen molar-refractivity contribution >= 4 is 5.57 Å². The summed E-state index contributed by atoms with van der Waals surface area (Å²) in [6.07, 6.45) is 6.11. The average molecular weight is 185 g/mol. The van der Waals surface area contributed by atoms with Gasteiger partial charge in [0, 0.05) is 6.54 Å². The lowest BCUT2D eigenvalue weighted by molar-refractivity contribution is 0.738. The van der Waals surface area contributed by atoms with Crippen LogP contribution in [0.4, 0.5) is 0 Å². The molecule has 0 saturated heterocycles. The van der Waals surface area contributed by atoms with Crippen molar-refractivity contribution in [2.24, 2.45) is 0 Å². The van der Waals surface area contributed by atoms with Crippen molar-refractivity contribution < 1.29 is 0 Å². The molecular formula is C13H15N. The molecule has 0 fully saturated rings. The Morgan fingerprint density at radius 3 is 2.64 bits per heavy atom. The monoisotopic (exact) mass is 185 g/mol. The molecule has 14 heavy (non-hydrogen) atoms. The number of fused-ring (bicyclic) bond motifs is 1. The van der Waals surface area contributed by atoms with Gasteiger partial charge in [-0.05, 0) is 48.1 Å². The molecule has 1 aliphatic heterocycles. The van der Waals surface area contributed by atoms with Gasteiger partial charge < -0.3 is 5.32 Å². The smallest absolute Gasteiger partial charge is 0.0208 e. The SMILES string of the molecule is C1=C(c2ccc3c(c2)CC3)CNCC1. The minimum Gasteiger partial charge on any atom is -0.312 e. The summed E-state index contributed by atoms with van der Waals surface area (Å²) < 4.78 is 0. The molecule has 0 amide bonds. The lowest BCUT2D eigenvalue weighted by Crippen LogP contribution is -2.21. The quantitative estimate of drug-likeness (QED) is 0.707. The second-order valence-corrected chi connectivity index (χ2v) is 4.18. The predicted molar refractivity (Wildman–Crippen MR) is 59.3 cm³/mol. The summed E-state index contributed by atoms with van der Waals surface area (Å²) in [6.45, 7) is 2.17. The normalized spacial score (nSPS) is 19.6. The Morgan fingerprint density at radius 1 is 1.07 bits per heavy atom. The number of hydrogen-bond donors (Lipinski definition) is 1. The summed E-state index contributed by atoms with van der Waals surface area (Å²) >= 11 is 0. The summed E-state index contributed by atoms with van der Waals surface area (Å²) in [5.74, 6) is 0. The lowest BCUT2D eigenvalue weighted by atomic mass is 9.85. The molecule has 0 radical (unpaired) electrons. The molecule has 0 unspecified atom stereocenters. The highest BCUT2D eigenvalue weighted by molar-refractivity contribution is 5.69. The number of hydrogen-bond acceptors (Lipinski definition) is 1. The zero-order chi connectivity index (χ0) is 9.38. The third-order valence-corrected chi connectivity index (χ3v) is 3.27. The lowest BCUT2D eigenvalue weighted by Gasteiger charge is -2.21. The van der Waals surface area contributed by atoms with Crippen LogP contribution in [-0.4, -0.2) is 13.1 Å². The van der Waals surface area contributed by atoms with Crippen LogP contribution >= 0.6 is 0 Å². The van der Waals surface area contributed by atoms with Crippen LogP contribution in [0.15, 0.2) is 24.3 Å². The van der Waals surface area contributed by atoms with Crippen LogP contribution in [-0.2, 0) is 12.8 Å². The van der Waals surface area contributed by atoms with Crippen molar-refractivity contribution in [1.82, 2.24) is 5.32 Å². The summed E-state index contributed by atoms with van der Waals surface area (Å²) in [6, 6.07) is 6.94. The molecule has 0 atom stereocenters. The second-order valence-electron chi connectivity index (χ2n) is 4.18. The fourth-order valence-corrected chi connectivity index (χ4v) is 2.26. The molecular weight excluding hydrogens is 170 g/mol. The van der Waals surface area contributed by atoms with Crippen molar-refractivity contribution in [3.8, 4) is 0 Å². The van der Waals surface area contributed by atoms with Gasteiger partial charge in [-0.2, -0.15) is 0 Å². The highest BCUT2D eigenvalue weighted by Gasteiger charge is 2.14. The van der Waals surface area contributed by atoms with Gasteiger partial charge in [-0.1, -0.05) is 24.3 Å². The largest absolute Gasteiger partial charge is 0.312 e. The van der Waals surface area contributed by atoms with E-state index in [1.165, 1.54) is 30.4 Å². The molecule has 1 nitrogen and oxygen atoms in total. The Bertz CT molecular complexity index is 390. The average Bonchev–Trinajstić information content (AvgIpc) is 2.21. The van der Waals surface area contributed by atoms with Crippen molar-refractivity contribution in [1.29, 1.82) is 0 Å². The van der Waals surface area contributed by atoms with Gasteiger partial charge in [0.25, 0.3) is 0 Å². The van der Waals surface area contributed by atoms with E-state index in [0.717, 1.165) is 13.1 Å². The second kappa shape index (κ2) is 3.25. The first-order chi connectivity index (χ1) is 6.93. The maximum Gasteiger partial charge on any atom is 0.0208 e. The fourth-order valence-electron chi connectivity index (χ4n) is 2.26. The minimum absolute atomic E-state index is 1.04. The molecule has 0 bridgehead atoms. The zero-order valence-corrected chi connectivity index (χ0v) is 8.34. The van der Waals surface area contributed by atoms with Crippen LogP contribution in [0, 0.1) is 0 Å². The zero-order valence-electron chi connectivity index (χ0n) is 8.34. The van der Waals surface area contributed by atoms with Gasteiger partial charge in [-0.3, -0.25) is 0 Å². The maximum atomic E-state index is 3.42. The predicted octanol–water partition coefficient (Wildman–Crippen LogP) is 2.16. The van der Waals surface area contributed by atoms with E-state index in [9.17, 15) is 0 Å². The van der Waals surface area contributed by atoms with Crippen LogP contribution < -0.4 is 5.32 Å². The van der Waals surface area contributed by atoms with E-state index < -0.39 is 0 Å². The first kappa shape index (κ1) is 8.25. The molecule has 1 aliphatic carbocycles. The van der Waals surface area contributed by atoms with Crippen LogP contribution in [0.1, 0.15) is 23.1 Å². The fraction of sp³-hybridized carbons (Fsp3) is 0.385. The van der Waals surface area contributed by atoms with Gasteiger partial charge in [0.2, 0.25) is 0 Å². The highest BCUT2D eigenvalue weighted by atomic mass is 14.9. The highest BCUT2D eigenvalue weighted by Crippen LogP contribution is 2.27. The summed E-state index contributed by atoms with van der Waals surface area (Å²) in [4.78, 5) is 0. The summed E-state index contributed by atoms with van der Waals surface area (Å²) in [5.41, 5.74) is 6.02. The molecule has 72 valence electrons. The third kappa shape index (κ3) is 1.28. The number of benzene rings is 1. The molecule has 1 aromatic rings. The minimum atomic E-state index is 1.04. The molecule has 0 spiro atoms. The molecule has 3 rings (SSSR count). The van der Waals surface area contributed by atoms with Gasteiger partial charge in [-0.15, -0.1) is 0 Å². The van der Waals surface area contributed by atoms with Crippen LogP contribution in [0.25, 0.3) is 5.57 Å². The summed E-state index contributed by atoms with van der Waals surface area (Å²) in [5, 5.41) is 3.42. The Balaban J connectivity index is 1.95. The maximum absolute atomic E-state index is 3.42. The van der Waals surface area contributed by atoms with Crippen molar-refractivity contribution in [3.63, 3.8) is 0 Å². The summed E-state index contributed by atoms with van der Waals surface area (Å²) in [7, 11) is 0. The first-order valence-electron chi connectivity index (χ1n) is 5.45. The van der Waals surface area contributed by atoms with Gasteiger partial charge >= 0.3 is 0 Å². The van der Waals surface area contributed by atoms with Gasteiger partial charge in [0.1, 0.15) is 0 Å². The van der Waals surface area contributed by atoms with Gasteiger partial charge in [-0.25, -0.2) is 0 Å².